The van der Waals surface area contributed by atoms with Gasteiger partial charge >= 0.3 is 0 Å². The molecule has 1 aliphatic heterocycles. The van der Waals surface area contributed by atoms with Crippen LogP contribution in [0.25, 0.3) is 0 Å². The third kappa shape index (κ3) is 3.83. The summed E-state index contributed by atoms with van der Waals surface area (Å²) >= 11 is 1.47. The number of piperidine rings is 1. The number of hydrogen-bond donors (Lipinski definition) is 3. The van der Waals surface area contributed by atoms with Crippen LogP contribution in [-0.4, -0.2) is 30.9 Å². The number of carbonyl (C=O) groups is 2. The van der Waals surface area contributed by atoms with Crippen LogP contribution in [0.4, 0.5) is 5.69 Å². The van der Waals surface area contributed by atoms with E-state index in [9.17, 15) is 9.59 Å². The summed E-state index contributed by atoms with van der Waals surface area (Å²) in [6.07, 6.45) is 0.913. The van der Waals surface area contributed by atoms with E-state index in [2.05, 4.69) is 22.9 Å². The highest BCUT2D eigenvalue weighted by Gasteiger charge is 2.24. The second-order valence-corrected chi connectivity index (χ2v) is 6.84. The maximum absolute atomic E-state index is 12.7. The first-order chi connectivity index (χ1) is 11.6. The lowest BCUT2D eigenvalue weighted by molar-refractivity contribution is 0.0915. The largest absolute Gasteiger partial charge is 0.349 e. The Labute approximate surface area is 145 Å². The number of nitrogens with one attached hydrogen (secondary N) is 3. The molecule has 2 aromatic rings. The summed E-state index contributed by atoms with van der Waals surface area (Å²) in [4.78, 5) is 24.9. The van der Waals surface area contributed by atoms with E-state index in [-0.39, 0.29) is 17.9 Å². The number of anilines is 1. The molecular weight excluding hydrogens is 322 g/mol. The number of benzene rings is 1. The van der Waals surface area contributed by atoms with E-state index >= 15 is 0 Å². The molecule has 2 atom stereocenters. The van der Waals surface area contributed by atoms with E-state index in [1.807, 2.05) is 11.4 Å². The molecule has 0 radical (unpaired) electrons. The third-order valence-electron chi connectivity index (χ3n) is 4.31. The molecule has 3 rings (SSSR count). The van der Waals surface area contributed by atoms with E-state index in [1.165, 1.54) is 11.3 Å². The summed E-state index contributed by atoms with van der Waals surface area (Å²) < 4.78 is 0. The molecule has 1 aliphatic rings. The molecule has 5 nitrogen and oxygen atoms in total. The van der Waals surface area contributed by atoms with Gasteiger partial charge in [-0.25, -0.2) is 0 Å². The van der Waals surface area contributed by atoms with E-state index in [0.717, 1.165) is 19.5 Å². The molecule has 6 heteroatoms. The molecule has 1 aromatic heterocycles. The van der Waals surface area contributed by atoms with Crippen molar-refractivity contribution < 1.29 is 9.59 Å². The van der Waals surface area contributed by atoms with Crippen LogP contribution < -0.4 is 16.0 Å². The second-order valence-electron chi connectivity index (χ2n) is 6.06. The summed E-state index contributed by atoms with van der Waals surface area (Å²) in [5.41, 5.74) is 1.63. The molecule has 1 fully saturated rings. The van der Waals surface area contributed by atoms with E-state index in [0.29, 0.717) is 22.7 Å². The van der Waals surface area contributed by atoms with Crippen molar-refractivity contribution in [1.29, 1.82) is 0 Å². The first-order valence-corrected chi connectivity index (χ1v) is 9.03. The van der Waals surface area contributed by atoms with Gasteiger partial charge in [-0.05, 0) is 49.0 Å². The highest BCUT2D eigenvalue weighted by atomic mass is 32.1. The van der Waals surface area contributed by atoms with Crippen molar-refractivity contribution in [3.8, 4) is 0 Å². The number of thiophene rings is 1. The van der Waals surface area contributed by atoms with E-state index in [4.69, 9.17) is 0 Å². The number of amides is 2. The van der Waals surface area contributed by atoms with Gasteiger partial charge in [0.2, 0.25) is 0 Å². The quantitative estimate of drug-likeness (QED) is 0.799. The zero-order chi connectivity index (χ0) is 16.9. The molecule has 2 amide bonds. The Morgan fingerprint density at radius 3 is 2.79 bits per heavy atom. The van der Waals surface area contributed by atoms with Gasteiger partial charge in [-0.2, -0.15) is 11.3 Å². The fourth-order valence-corrected chi connectivity index (χ4v) is 3.49. The maximum Gasteiger partial charge on any atom is 0.256 e. The summed E-state index contributed by atoms with van der Waals surface area (Å²) in [6, 6.07) is 9.03. The third-order valence-corrected chi connectivity index (χ3v) is 4.99. The van der Waals surface area contributed by atoms with Crippen LogP contribution in [0, 0.1) is 5.92 Å². The maximum atomic E-state index is 12.7. The van der Waals surface area contributed by atoms with Crippen molar-refractivity contribution in [2.24, 2.45) is 5.92 Å². The Bertz CT molecular complexity index is 715. The molecule has 2 unspecified atom stereocenters. The van der Waals surface area contributed by atoms with Crippen molar-refractivity contribution in [2.75, 3.05) is 18.4 Å². The average Bonchev–Trinajstić information content (AvgIpc) is 3.12. The summed E-state index contributed by atoms with van der Waals surface area (Å²) in [7, 11) is 0. The van der Waals surface area contributed by atoms with Gasteiger partial charge in [0, 0.05) is 11.4 Å². The monoisotopic (exact) mass is 343 g/mol. The van der Waals surface area contributed by atoms with Gasteiger partial charge in [0.15, 0.2) is 0 Å². The van der Waals surface area contributed by atoms with Crippen LogP contribution in [0.15, 0.2) is 41.1 Å². The molecule has 24 heavy (non-hydrogen) atoms. The minimum Gasteiger partial charge on any atom is -0.349 e. The molecule has 1 saturated heterocycles. The van der Waals surface area contributed by atoms with Gasteiger partial charge in [0.1, 0.15) is 0 Å². The molecule has 0 saturated carbocycles. The minimum atomic E-state index is -0.202. The summed E-state index contributed by atoms with van der Waals surface area (Å²) in [5.74, 6) is 0.0389. The minimum absolute atomic E-state index is 0.144. The molecule has 0 bridgehead atoms. The second kappa shape index (κ2) is 7.59. The zero-order valence-corrected chi connectivity index (χ0v) is 14.4. The number of carbonyl (C=O) groups excluding carboxylic acids is 2. The SMILES string of the molecule is CC1CNCCC1NC(=O)c1ccccc1NC(=O)c1ccsc1. The van der Waals surface area contributed by atoms with Gasteiger partial charge in [0.25, 0.3) is 11.8 Å². The number of rotatable bonds is 4. The Morgan fingerprint density at radius 2 is 2.04 bits per heavy atom. The molecule has 1 aromatic carbocycles. The lowest BCUT2D eigenvalue weighted by Gasteiger charge is -2.30. The topological polar surface area (TPSA) is 70.2 Å². The predicted molar refractivity (Wildman–Crippen MR) is 96.6 cm³/mol. The van der Waals surface area contributed by atoms with Gasteiger partial charge in [0.05, 0.1) is 16.8 Å². The van der Waals surface area contributed by atoms with Crippen molar-refractivity contribution in [1.82, 2.24) is 10.6 Å². The summed E-state index contributed by atoms with van der Waals surface area (Å²) in [5, 5.41) is 12.9. The molecule has 2 heterocycles. The van der Waals surface area contributed by atoms with Crippen LogP contribution in [0.3, 0.4) is 0 Å². The average molecular weight is 343 g/mol. The van der Waals surface area contributed by atoms with Crippen LogP contribution in [0.5, 0.6) is 0 Å². The smallest absolute Gasteiger partial charge is 0.256 e. The summed E-state index contributed by atoms with van der Waals surface area (Å²) in [6.45, 7) is 3.94. The highest BCUT2D eigenvalue weighted by molar-refractivity contribution is 7.08. The Balaban J connectivity index is 1.73. The van der Waals surface area contributed by atoms with Crippen molar-refractivity contribution in [2.45, 2.75) is 19.4 Å². The normalized spacial score (nSPS) is 20.4. The lowest BCUT2D eigenvalue weighted by Crippen LogP contribution is -2.48. The van der Waals surface area contributed by atoms with Crippen molar-refractivity contribution >= 4 is 28.8 Å². The fourth-order valence-electron chi connectivity index (χ4n) is 2.85. The fraction of sp³-hybridized carbons (Fsp3) is 0.333. The predicted octanol–water partition coefficient (Wildman–Crippen LogP) is 2.73. The number of para-hydroxylation sites is 1. The van der Waals surface area contributed by atoms with Crippen LogP contribution in [0.2, 0.25) is 0 Å². The Kier molecular flexibility index (Phi) is 5.27. The van der Waals surface area contributed by atoms with Gasteiger partial charge in [-0.3, -0.25) is 9.59 Å². The highest BCUT2D eigenvalue weighted by Crippen LogP contribution is 2.19. The van der Waals surface area contributed by atoms with Gasteiger partial charge in [-0.15, -0.1) is 0 Å². The molecule has 126 valence electrons. The van der Waals surface area contributed by atoms with Gasteiger partial charge in [-0.1, -0.05) is 19.1 Å². The van der Waals surface area contributed by atoms with Crippen molar-refractivity contribution in [3.63, 3.8) is 0 Å². The molecule has 3 N–H and O–H groups in total. The molecule has 0 spiro atoms. The number of hydrogen-bond acceptors (Lipinski definition) is 4. The molecular formula is C18H21N3O2S. The van der Waals surface area contributed by atoms with Crippen LogP contribution in [-0.2, 0) is 0 Å². The first kappa shape index (κ1) is 16.7. The Hall–Kier alpha value is -2.18. The first-order valence-electron chi connectivity index (χ1n) is 8.09. The lowest BCUT2D eigenvalue weighted by atomic mass is 9.95. The molecule has 0 aliphatic carbocycles. The Morgan fingerprint density at radius 1 is 1.21 bits per heavy atom. The van der Waals surface area contributed by atoms with E-state index < -0.39 is 0 Å². The van der Waals surface area contributed by atoms with Crippen LogP contribution in [0.1, 0.15) is 34.1 Å². The zero-order valence-electron chi connectivity index (χ0n) is 13.5. The van der Waals surface area contributed by atoms with Crippen LogP contribution >= 0.6 is 11.3 Å². The van der Waals surface area contributed by atoms with E-state index in [1.54, 1.807) is 29.6 Å². The standard InChI is InChI=1S/C18H21N3O2S/c1-12-10-19-8-6-15(12)20-18(23)14-4-2-3-5-16(14)21-17(22)13-7-9-24-11-13/h2-5,7,9,11-12,15,19H,6,8,10H2,1H3,(H,20,23)(H,21,22). The van der Waals surface area contributed by atoms with Gasteiger partial charge < -0.3 is 16.0 Å². The van der Waals surface area contributed by atoms with Crippen molar-refractivity contribution in [3.05, 3.63) is 52.2 Å².